The summed E-state index contributed by atoms with van der Waals surface area (Å²) in [6, 6.07) is -0.428. The Hall–Kier alpha value is -0.820. The van der Waals surface area contributed by atoms with Crippen LogP contribution in [0.4, 0.5) is 13.2 Å². The average molecular weight is 212 g/mol. The Morgan fingerprint density at radius 3 is 2.79 bits per heavy atom. The minimum Gasteiger partial charge on any atom is -0.306 e. The van der Waals surface area contributed by atoms with Gasteiger partial charge in [-0.15, -0.1) is 0 Å². The van der Waals surface area contributed by atoms with E-state index in [0.717, 1.165) is 6.42 Å². The van der Waals surface area contributed by atoms with Gasteiger partial charge < -0.3 is 5.32 Å². The first-order chi connectivity index (χ1) is 6.49. The van der Waals surface area contributed by atoms with Crippen LogP contribution in [0.25, 0.3) is 0 Å². The smallest absolute Gasteiger partial charge is 0.306 e. The summed E-state index contributed by atoms with van der Waals surface area (Å²) in [5.41, 5.74) is 1.76. The summed E-state index contributed by atoms with van der Waals surface area (Å²) in [7, 11) is 0. The summed E-state index contributed by atoms with van der Waals surface area (Å²) in [5, 5.41) is 2.83. The third-order valence-electron chi connectivity index (χ3n) is 1.79. The van der Waals surface area contributed by atoms with Gasteiger partial charge in [-0.25, -0.2) is 5.48 Å². The standard InChI is InChI=1S/C7H11F3N2O2/c8-7(9,10)4-14-12-6(13)5-2-1-3-11-5/h5,11H,1-4H2,(H,12,13). The summed E-state index contributed by atoms with van der Waals surface area (Å²) in [6.45, 7) is -0.761. The van der Waals surface area contributed by atoms with Crippen molar-refractivity contribution < 1.29 is 22.8 Å². The van der Waals surface area contributed by atoms with Gasteiger partial charge in [0.05, 0.1) is 6.04 Å². The lowest BCUT2D eigenvalue weighted by molar-refractivity contribution is -0.192. The van der Waals surface area contributed by atoms with Gasteiger partial charge in [0.2, 0.25) is 0 Å². The van der Waals surface area contributed by atoms with Crippen LogP contribution in [0, 0.1) is 0 Å². The molecule has 0 aromatic rings. The highest BCUT2D eigenvalue weighted by atomic mass is 19.4. The molecule has 0 bridgehead atoms. The minimum atomic E-state index is -4.42. The van der Waals surface area contributed by atoms with Crippen LogP contribution in [-0.4, -0.2) is 31.3 Å². The molecular weight excluding hydrogens is 201 g/mol. The van der Waals surface area contributed by atoms with Crippen molar-refractivity contribution in [2.45, 2.75) is 25.1 Å². The number of carbonyl (C=O) groups is 1. The molecular formula is C7H11F3N2O2. The minimum absolute atomic E-state index is 0.428. The van der Waals surface area contributed by atoms with Gasteiger partial charge >= 0.3 is 6.18 Å². The molecule has 2 N–H and O–H groups in total. The van der Waals surface area contributed by atoms with Crippen LogP contribution in [0.3, 0.4) is 0 Å². The molecule has 7 heteroatoms. The van der Waals surface area contributed by atoms with E-state index in [4.69, 9.17) is 0 Å². The van der Waals surface area contributed by atoms with Crippen LogP contribution in [0.2, 0.25) is 0 Å². The lowest BCUT2D eigenvalue weighted by Crippen LogP contribution is -2.41. The Kier molecular flexibility index (Phi) is 3.70. The fourth-order valence-corrected chi connectivity index (χ4v) is 1.17. The van der Waals surface area contributed by atoms with Gasteiger partial charge in [-0.2, -0.15) is 13.2 Å². The third-order valence-corrected chi connectivity index (χ3v) is 1.79. The van der Waals surface area contributed by atoms with Crippen molar-refractivity contribution in [3.05, 3.63) is 0 Å². The van der Waals surface area contributed by atoms with Crippen LogP contribution < -0.4 is 10.8 Å². The average Bonchev–Trinajstić information content (AvgIpc) is 2.53. The van der Waals surface area contributed by atoms with E-state index in [9.17, 15) is 18.0 Å². The van der Waals surface area contributed by atoms with E-state index in [1.165, 1.54) is 0 Å². The first-order valence-electron chi connectivity index (χ1n) is 4.21. The lowest BCUT2D eigenvalue weighted by atomic mass is 10.2. The predicted octanol–water partition coefficient (Wildman–Crippen LogP) is 0.348. The number of amides is 1. The van der Waals surface area contributed by atoms with Gasteiger partial charge in [0, 0.05) is 0 Å². The van der Waals surface area contributed by atoms with Crippen LogP contribution >= 0.6 is 0 Å². The van der Waals surface area contributed by atoms with Crippen molar-refractivity contribution in [3.8, 4) is 0 Å². The predicted molar refractivity (Wildman–Crippen MR) is 41.2 cm³/mol. The topological polar surface area (TPSA) is 50.4 Å². The Labute approximate surface area is 78.7 Å². The SMILES string of the molecule is O=C(NOCC(F)(F)F)C1CCCN1. The van der Waals surface area contributed by atoms with Gasteiger partial charge in [-0.1, -0.05) is 0 Å². The molecule has 1 aliphatic rings. The zero-order chi connectivity index (χ0) is 10.6. The Balaban J connectivity index is 2.15. The number of hydrogen-bond acceptors (Lipinski definition) is 3. The molecule has 0 radical (unpaired) electrons. The van der Waals surface area contributed by atoms with Crippen molar-refractivity contribution >= 4 is 5.91 Å². The fraction of sp³-hybridized carbons (Fsp3) is 0.857. The molecule has 0 aromatic heterocycles. The number of rotatable bonds is 3. The molecule has 82 valence electrons. The third kappa shape index (κ3) is 3.93. The molecule has 0 aromatic carbocycles. The molecule has 1 fully saturated rings. The van der Waals surface area contributed by atoms with Crippen molar-refractivity contribution in [2.24, 2.45) is 0 Å². The number of alkyl halides is 3. The van der Waals surface area contributed by atoms with Gasteiger partial charge in [0.1, 0.15) is 0 Å². The second-order valence-electron chi connectivity index (χ2n) is 3.02. The maximum atomic E-state index is 11.6. The molecule has 1 aliphatic heterocycles. The molecule has 0 saturated carbocycles. The van der Waals surface area contributed by atoms with Gasteiger partial charge in [-0.05, 0) is 19.4 Å². The molecule has 1 saturated heterocycles. The van der Waals surface area contributed by atoms with Gasteiger partial charge in [0.25, 0.3) is 5.91 Å². The number of hydrogen-bond donors (Lipinski definition) is 2. The molecule has 1 rings (SSSR count). The Bertz CT molecular complexity index is 202. The first kappa shape index (κ1) is 11.3. The van der Waals surface area contributed by atoms with E-state index in [-0.39, 0.29) is 0 Å². The van der Waals surface area contributed by atoms with E-state index in [2.05, 4.69) is 10.2 Å². The summed E-state index contributed by atoms with van der Waals surface area (Å²) >= 11 is 0. The van der Waals surface area contributed by atoms with Crippen LogP contribution in [0.5, 0.6) is 0 Å². The number of halogens is 3. The Morgan fingerprint density at radius 2 is 2.29 bits per heavy atom. The molecule has 1 heterocycles. The molecule has 0 spiro atoms. The lowest BCUT2D eigenvalue weighted by Gasteiger charge is -2.11. The van der Waals surface area contributed by atoms with Crippen LogP contribution in [0.15, 0.2) is 0 Å². The van der Waals surface area contributed by atoms with E-state index in [1.54, 1.807) is 5.48 Å². The summed E-state index contributed by atoms with van der Waals surface area (Å²) < 4.78 is 34.8. The van der Waals surface area contributed by atoms with Gasteiger partial charge in [0.15, 0.2) is 6.61 Å². The summed E-state index contributed by atoms with van der Waals surface area (Å²) in [4.78, 5) is 15.1. The highest BCUT2D eigenvalue weighted by Crippen LogP contribution is 2.13. The molecule has 1 unspecified atom stereocenters. The summed E-state index contributed by atoms with van der Waals surface area (Å²) in [5.74, 6) is -0.549. The van der Waals surface area contributed by atoms with Crippen molar-refractivity contribution in [2.75, 3.05) is 13.2 Å². The summed E-state index contributed by atoms with van der Waals surface area (Å²) in [6.07, 6.45) is -2.95. The second kappa shape index (κ2) is 4.61. The quantitative estimate of drug-likeness (QED) is 0.663. The fourth-order valence-electron chi connectivity index (χ4n) is 1.17. The normalized spacial score (nSPS) is 22.4. The first-order valence-corrected chi connectivity index (χ1v) is 4.21. The van der Waals surface area contributed by atoms with Crippen LogP contribution in [-0.2, 0) is 9.63 Å². The van der Waals surface area contributed by atoms with E-state index < -0.39 is 24.7 Å². The molecule has 0 aliphatic carbocycles. The van der Waals surface area contributed by atoms with Crippen molar-refractivity contribution in [1.29, 1.82) is 0 Å². The maximum absolute atomic E-state index is 11.6. The van der Waals surface area contributed by atoms with Crippen LogP contribution in [0.1, 0.15) is 12.8 Å². The number of hydroxylamine groups is 1. The zero-order valence-electron chi connectivity index (χ0n) is 7.36. The maximum Gasteiger partial charge on any atom is 0.414 e. The van der Waals surface area contributed by atoms with E-state index >= 15 is 0 Å². The highest BCUT2D eigenvalue weighted by molar-refractivity contribution is 5.80. The molecule has 1 atom stereocenters. The van der Waals surface area contributed by atoms with E-state index in [0.29, 0.717) is 13.0 Å². The molecule has 1 amide bonds. The second-order valence-corrected chi connectivity index (χ2v) is 3.02. The Morgan fingerprint density at radius 1 is 1.57 bits per heavy atom. The van der Waals surface area contributed by atoms with E-state index in [1.807, 2.05) is 0 Å². The zero-order valence-corrected chi connectivity index (χ0v) is 7.36. The van der Waals surface area contributed by atoms with Crippen molar-refractivity contribution in [3.63, 3.8) is 0 Å². The van der Waals surface area contributed by atoms with Crippen molar-refractivity contribution in [1.82, 2.24) is 10.8 Å². The molecule has 14 heavy (non-hydrogen) atoms. The number of nitrogens with one attached hydrogen (secondary N) is 2. The van der Waals surface area contributed by atoms with Gasteiger partial charge in [-0.3, -0.25) is 9.63 Å². The largest absolute Gasteiger partial charge is 0.414 e. The monoisotopic (exact) mass is 212 g/mol. The highest BCUT2D eigenvalue weighted by Gasteiger charge is 2.29. The molecule has 4 nitrogen and oxygen atoms in total. The number of carbonyl (C=O) groups excluding carboxylic acids is 1.